The number of Topliss-reactive ketones (excluding diaryl/α,β-unsaturated/α-hetero) is 1. The van der Waals surface area contributed by atoms with Gasteiger partial charge in [0, 0.05) is 12.1 Å². The summed E-state index contributed by atoms with van der Waals surface area (Å²) in [7, 11) is 3.95. The minimum atomic E-state index is -0.645. The van der Waals surface area contributed by atoms with Crippen molar-refractivity contribution in [2.24, 2.45) is 0 Å². The number of nitrogens with zero attached hydrogens (tertiary/aromatic N) is 2. The number of ketones is 1. The van der Waals surface area contributed by atoms with Crippen LogP contribution in [0.4, 0.5) is 0 Å². The van der Waals surface area contributed by atoms with Crippen molar-refractivity contribution in [2.45, 2.75) is 46.1 Å². The summed E-state index contributed by atoms with van der Waals surface area (Å²) in [5.41, 5.74) is 3.43. The van der Waals surface area contributed by atoms with Crippen LogP contribution in [0, 0.1) is 6.92 Å². The van der Waals surface area contributed by atoms with Gasteiger partial charge in [-0.2, -0.15) is 0 Å². The molecule has 0 spiro atoms. The molecule has 0 bridgehead atoms. The van der Waals surface area contributed by atoms with E-state index in [0.29, 0.717) is 30.4 Å². The van der Waals surface area contributed by atoms with Crippen molar-refractivity contribution < 1.29 is 19.4 Å². The Morgan fingerprint density at radius 1 is 1.12 bits per heavy atom. The minimum absolute atomic E-state index is 0.138. The van der Waals surface area contributed by atoms with E-state index >= 15 is 0 Å². The second-order valence-corrected chi connectivity index (χ2v) is 9.38. The van der Waals surface area contributed by atoms with E-state index in [4.69, 9.17) is 4.74 Å². The van der Waals surface area contributed by atoms with Gasteiger partial charge in [0.15, 0.2) is 0 Å². The van der Waals surface area contributed by atoms with Crippen molar-refractivity contribution in [3.63, 3.8) is 0 Å². The van der Waals surface area contributed by atoms with Gasteiger partial charge in [0.1, 0.15) is 11.5 Å². The predicted molar refractivity (Wildman–Crippen MR) is 135 cm³/mol. The average molecular weight is 465 g/mol. The van der Waals surface area contributed by atoms with Gasteiger partial charge < -0.3 is 19.6 Å². The topological polar surface area (TPSA) is 70.1 Å². The summed E-state index contributed by atoms with van der Waals surface area (Å²) in [4.78, 5) is 30.0. The molecule has 1 heterocycles. The van der Waals surface area contributed by atoms with Crippen molar-refractivity contribution in [3.8, 4) is 5.75 Å². The number of carbonyl (C=O) groups excluding carboxylic acids is 2. The molecule has 6 heteroatoms. The summed E-state index contributed by atoms with van der Waals surface area (Å²) >= 11 is 0. The number of ether oxygens (including phenoxy) is 1. The lowest BCUT2D eigenvalue weighted by Gasteiger charge is -2.26. The zero-order valence-electron chi connectivity index (χ0n) is 21.1. The van der Waals surface area contributed by atoms with E-state index in [1.807, 2.05) is 63.2 Å². The maximum atomic E-state index is 13.2. The number of carbonyl (C=O) groups is 2. The predicted octanol–water partition coefficient (Wildman–Crippen LogP) is 4.89. The Balaban J connectivity index is 2.10. The second-order valence-electron chi connectivity index (χ2n) is 9.38. The highest BCUT2D eigenvalue weighted by atomic mass is 16.5. The quantitative estimate of drug-likeness (QED) is 0.325. The smallest absolute Gasteiger partial charge is 0.295 e. The number of rotatable bonds is 9. The maximum absolute atomic E-state index is 13.2. The van der Waals surface area contributed by atoms with Crippen LogP contribution in [-0.4, -0.2) is 60.4 Å². The van der Waals surface area contributed by atoms with Gasteiger partial charge in [-0.3, -0.25) is 9.59 Å². The van der Waals surface area contributed by atoms with Crippen LogP contribution in [0.1, 0.15) is 61.4 Å². The molecule has 1 aliphatic heterocycles. The maximum Gasteiger partial charge on any atom is 0.295 e. The third-order valence-electron chi connectivity index (χ3n) is 6.23. The molecule has 6 nitrogen and oxygen atoms in total. The Bertz CT molecular complexity index is 1070. The fraction of sp³-hybridized carbons (Fsp3) is 0.429. The third-order valence-corrected chi connectivity index (χ3v) is 6.23. The molecular weight excluding hydrogens is 428 g/mol. The van der Waals surface area contributed by atoms with Gasteiger partial charge in [0.05, 0.1) is 18.2 Å². The summed E-state index contributed by atoms with van der Waals surface area (Å²) in [6, 6.07) is 12.7. The van der Waals surface area contributed by atoms with Crippen molar-refractivity contribution in [1.29, 1.82) is 0 Å². The van der Waals surface area contributed by atoms with E-state index in [1.54, 1.807) is 17.0 Å². The molecule has 2 aromatic carbocycles. The zero-order valence-corrected chi connectivity index (χ0v) is 21.1. The lowest BCUT2D eigenvalue weighted by atomic mass is 9.92. The number of benzene rings is 2. The SMILES string of the molecule is CCOc1ccc(C(O)=C2C(=O)C(=O)N(CCCN(C)C)C2c2ccc(C(C)C)cc2)c(C)c1. The molecule has 0 aliphatic carbocycles. The van der Waals surface area contributed by atoms with Gasteiger partial charge in [0.25, 0.3) is 11.7 Å². The van der Waals surface area contributed by atoms with E-state index in [2.05, 4.69) is 13.8 Å². The normalized spacial score (nSPS) is 17.8. The lowest BCUT2D eigenvalue weighted by Crippen LogP contribution is -2.32. The monoisotopic (exact) mass is 464 g/mol. The van der Waals surface area contributed by atoms with Gasteiger partial charge in [-0.25, -0.2) is 0 Å². The lowest BCUT2D eigenvalue weighted by molar-refractivity contribution is -0.139. The largest absolute Gasteiger partial charge is 0.507 e. The van der Waals surface area contributed by atoms with Crippen LogP contribution in [0.5, 0.6) is 5.75 Å². The Morgan fingerprint density at radius 2 is 1.79 bits per heavy atom. The van der Waals surface area contributed by atoms with Crippen molar-refractivity contribution in [2.75, 3.05) is 33.8 Å². The molecule has 2 aromatic rings. The number of hydrogen-bond donors (Lipinski definition) is 1. The number of aliphatic hydroxyl groups excluding tert-OH is 1. The fourth-order valence-corrected chi connectivity index (χ4v) is 4.38. The first-order valence-corrected chi connectivity index (χ1v) is 11.9. The van der Waals surface area contributed by atoms with Crippen LogP contribution >= 0.6 is 0 Å². The summed E-state index contributed by atoms with van der Waals surface area (Å²) in [5, 5.41) is 11.3. The Labute approximate surface area is 202 Å². The Kier molecular flexibility index (Phi) is 8.15. The molecule has 1 fully saturated rings. The van der Waals surface area contributed by atoms with Crippen LogP contribution in [0.2, 0.25) is 0 Å². The first-order valence-electron chi connectivity index (χ1n) is 11.9. The number of aliphatic hydroxyl groups is 1. The van der Waals surface area contributed by atoms with E-state index in [-0.39, 0.29) is 11.3 Å². The van der Waals surface area contributed by atoms with Crippen LogP contribution in [0.3, 0.4) is 0 Å². The van der Waals surface area contributed by atoms with Crippen molar-refractivity contribution in [3.05, 3.63) is 70.3 Å². The zero-order chi connectivity index (χ0) is 25.0. The molecule has 1 saturated heterocycles. The average Bonchev–Trinajstić information content (AvgIpc) is 3.04. The molecule has 1 amide bonds. The molecule has 34 heavy (non-hydrogen) atoms. The van der Waals surface area contributed by atoms with Gasteiger partial charge in [0.2, 0.25) is 0 Å². The number of aryl methyl sites for hydroxylation is 1. The second kappa shape index (κ2) is 10.9. The fourth-order valence-electron chi connectivity index (χ4n) is 4.38. The van der Waals surface area contributed by atoms with E-state index < -0.39 is 17.7 Å². The highest BCUT2D eigenvalue weighted by molar-refractivity contribution is 6.46. The van der Waals surface area contributed by atoms with Crippen LogP contribution < -0.4 is 4.74 Å². The molecule has 182 valence electrons. The standard InChI is InChI=1S/C28H36N2O4/c1-7-34-22-13-14-23(19(4)17-22)26(31)24-25(21-11-9-20(10-12-21)18(2)3)30(28(33)27(24)32)16-8-15-29(5)6/h9-14,17-18,25,31H,7-8,15-16H2,1-6H3. The summed E-state index contributed by atoms with van der Waals surface area (Å²) in [5.74, 6) is -0.295. The molecule has 3 rings (SSSR count). The molecule has 0 aromatic heterocycles. The summed E-state index contributed by atoms with van der Waals surface area (Å²) in [6.07, 6.45) is 0.725. The number of likely N-dealkylation sites (tertiary alicyclic amines) is 1. The molecule has 0 radical (unpaired) electrons. The molecule has 1 N–H and O–H groups in total. The number of amides is 1. The van der Waals surface area contributed by atoms with Gasteiger partial charge in [-0.05, 0) is 81.7 Å². The first kappa shape index (κ1) is 25.5. The molecule has 1 unspecified atom stereocenters. The van der Waals surface area contributed by atoms with Crippen molar-refractivity contribution >= 4 is 17.4 Å². The summed E-state index contributed by atoms with van der Waals surface area (Å²) < 4.78 is 5.56. The molecule has 1 atom stereocenters. The highest BCUT2D eigenvalue weighted by Crippen LogP contribution is 2.40. The first-order chi connectivity index (χ1) is 16.1. The number of hydrogen-bond acceptors (Lipinski definition) is 5. The van der Waals surface area contributed by atoms with Gasteiger partial charge >= 0.3 is 0 Å². The van der Waals surface area contributed by atoms with E-state index in [1.165, 1.54) is 5.56 Å². The Hall–Kier alpha value is -3.12. The van der Waals surface area contributed by atoms with E-state index in [9.17, 15) is 14.7 Å². The molecular formula is C28H36N2O4. The molecule has 1 aliphatic rings. The van der Waals surface area contributed by atoms with Crippen LogP contribution in [-0.2, 0) is 9.59 Å². The Morgan fingerprint density at radius 3 is 2.35 bits per heavy atom. The van der Waals surface area contributed by atoms with Crippen LogP contribution in [0.25, 0.3) is 5.76 Å². The minimum Gasteiger partial charge on any atom is -0.507 e. The highest BCUT2D eigenvalue weighted by Gasteiger charge is 2.45. The molecule has 0 saturated carbocycles. The van der Waals surface area contributed by atoms with Gasteiger partial charge in [-0.1, -0.05) is 38.1 Å². The van der Waals surface area contributed by atoms with E-state index in [0.717, 1.165) is 24.1 Å². The summed E-state index contributed by atoms with van der Waals surface area (Å²) in [6.45, 7) is 9.77. The van der Waals surface area contributed by atoms with Crippen molar-refractivity contribution in [1.82, 2.24) is 9.80 Å². The van der Waals surface area contributed by atoms with Gasteiger partial charge in [-0.15, -0.1) is 0 Å². The van der Waals surface area contributed by atoms with Crippen LogP contribution in [0.15, 0.2) is 48.0 Å². The third kappa shape index (κ3) is 5.33.